The van der Waals surface area contributed by atoms with Crippen molar-refractivity contribution in [2.24, 2.45) is 0 Å². The number of hydrogen-bond acceptors (Lipinski definition) is 4. The minimum atomic E-state index is -0.225. The zero-order valence-electron chi connectivity index (χ0n) is 15.6. The van der Waals surface area contributed by atoms with Crippen molar-refractivity contribution in [3.63, 3.8) is 0 Å². The Morgan fingerprint density at radius 2 is 1.86 bits per heavy atom. The predicted octanol–water partition coefficient (Wildman–Crippen LogP) is 6.34. The van der Waals surface area contributed by atoms with Crippen molar-refractivity contribution < 1.29 is 9.53 Å². The van der Waals surface area contributed by atoms with Crippen molar-refractivity contribution in [1.29, 1.82) is 0 Å². The van der Waals surface area contributed by atoms with Crippen molar-refractivity contribution in [3.05, 3.63) is 89.5 Å². The lowest BCUT2D eigenvalue weighted by molar-refractivity contribution is -0.113. The first kappa shape index (κ1) is 19.2. The molecule has 3 aromatic carbocycles. The molecular formula is C23H17ClN2O2S. The number of carbonyl (C=O) groups excluding carboxylic acids is 1. The van der Waals surface area contributed by atoms with E-state index >= 15 is 0 Å². The van der Waals surface area contributed by atoms with Crippen LogP contribution in [-0.4, -0.2) is 18.0 Å². The summed E-state index contributed by atoms with van der Waals surface area (Å²) in [4.78, 5) is 19.5. The zero-order chi connectivity index (χ0) is 20.2. The predicted molar refractivity (Wildman–Crippen MR) is 120 cm³/mol. The van der Waals surface area contributed by atoms with Gasteiger partial charge in [0.1, 0.15) is 5.75 Å². The highest BCUT2D eigenvalue weighted by Crippen LogP contribution is 2.35. The second kappa shape index (κ2) is 8.47. The van der Waals surface area contributed by atoms with Crippen LogP contribution in [0.1, 0.15) is 5.56 Å². The van der Waals surface area contributed by atoms with Gasteiger partial charge in [0.25, 0.3) is 5.91 Å². The van der Waals surface area contributed by atoms with Crippen LogP contribution in [0.3, 0.4) is 0 Å². The molecule has 0 aliphatic carbocycles. The summed E-state index contributed by atoms with van der Waals surface area (Å²) in [6, 6.07) is 22.5. The Kier molecular flexibility index (Phi) is 5.60. The molecule has 0 spiro atoms. The molecule has 0 fully saturated rings. The maximum absolute atomic E-state index is 13.2. The molecule has 6 heteroatoms. The molecule has 4 aromatic rings. The van der Waals surface area contributed by atoms with Crippen LogP contribution in [0.25, 0.3) is 16.3 Å². The van der Waals surface area contributed by atoms with E-state index in [9.17, 15) is 4.79 Å². The summed E-state index contributed by atoms with van der Waals surface area (Å²) in [6.07, 6.45) is 3.22. The number of rotatable bonds is 5. The Balaban J connectivity index is 1.77. The standard InChI is InChI=1S/C23H17ClN2O2S/c1-28-18-9-6-8-17(15-18)26(23-25-20-11-4-5-12-21(20)29-23)22(27)14-13-16-7-2-3-10-19(16)24/h2-15H,1H3. The minimum Gasteiger partial charge on any atom is -0.497 e. The Morgan fingerprint density at radius 1 is 1.07 bits per heavy atom. The lowest BCUT2D eigenvalue weighted by Crippen LogP contribution is -2.23. The number of anilines is 2. The third-order valence-corrected chi connectivity index (χ3v) is 5.68. The Bertz CT molecular complexity index is 1170. The fourth-order valence-electron chi connectivity index (χ4n) is 2.88. The second-order valence-electron chi connectivity index (χ2n) is 6.19. The molecule has 1 amide bonds. The molecule has 4 rings (SSSR count). The van der Waals surface area contributed by atoms with E-state index in [0.717, 1.165) is 15.8 Å². The van der Waals surface area contributed by atoms with E-state index < -0.39 is 0 Å². The van der Waals surface area contributed by atoms with E-state index in [1.807, 2.05) is 66.7 Å². The topological polar surface area (TPSA) is 42.4 Å². The van der Waals surface area contributed by atoms with Gasteiger partial charge in [0.15, 0.2) is 5.13 Å². The van der Waals surface area contributed by atoms with Gasteiger partial charge in [0.05, 0.1) is 23.0 Å². The highest BCUT2D eigenvalue weighted by molar-refractivity contribution is 7.22. The monoisotopic (exact) mass is 420 g/mol. The lowest BCUT2D eigenvalue weighted by atomic mass is 10.2. The molecule has 0 saturated heterocycles. The molecule has 0 atom stereocenters. The highest BCUT2D eigenvalue weighted by Gasteiger charge is 2.20. The molecule has 29 heavy (non-hydrogen) atoms. The van der Waals surface area contributed by atoms with Gasteiger partial charge in [-0.3, -0.25) is 9.69 Å². The lowest BCUT2D eigenvalue weighted by Gasteiger charge is -2.19. The first-order chi connectivity index (χ1) is 14.2. The van der Waals surface area contributed by atoms with Crippen LogP contribution in [0, 0.1) is 0 Å². The van der Waals surface area contributed by atoms with E-state index in [2.05, 4.69) is 4.98 Å². The van der Waals surface area contributed by atoms with Gasteiger partial charge in [-0.15, -0.1) is 0 Å². The van der Waals surface area contributed by atoms with Gasteiger partial charge in [0.2, 0.25) is 0 Å². The van der Waals surface area contributed by atoms with Crippen molar-refractivity contribution in [2.75, 3.05) is 12.0 Å². The molecule has 4 nitrogen and oxygen atoms in total. The SMILES string of the molecule is COc1cccc(N(C(=O)C=Cc2ccccc2Cl)c2nc3ccccc3s2)c1. The number of benzene rings is 3. The number of carbonyl (C=O) groups is 1. The smallest absolute Gasteiger partial charge is 0.257 e. The number of hydrogen-bond donors (Lipinski definition) is 0. The molecule has 1 aromatic heterocycles. The summed E-state index contributed by atoms with van der Waals surface area (Å²) in [6.45, 7) is 0. The quantitative estimate of drug-likeness (QED) is 0.354. The van der Waals surface area contributed by atoms with E-state index in [1.54, 1.807) is 24.2 Å². The van der Waals surface area contributed by atoms with Crippen LogP contribution in [0.5, 0.6) is 5.75 Å². The van der Waals surface area contributed by atoms with Gasteiger partial charge in [-0.05, 0) is 42.0 Å². The first-order valence-electron chi connectivity index (χ1n) is 8.92. The Labute approximate surface area is 177 Å². The molecule has 0 aliphatic rings. The average Bonchev–Trinajstić information content (AvgIpc) is 3.17. The second-order valence-corrected chi connectivity index (χ2v) is 7.61. The van der Waals surface area contributed by atoms with E-state index in [-0.39, 0.29) is 5.91 Å². The number of halogens is 1. The number of amides is 1. The summed E-state index contributed by atoms with van der Waals surface area (Å²) < 4.78 is 6.35. The van der Waals surface area contributed by atoms with Gasteiger partial charge in [-0.25, -0.2) is 4.98 Å². The van der Waals surface area contributed by atoms with E-state index in [0.29, 0.717) is 21.6 Å². The van der Waals surface area contributed by atoms with Gasteiger partial charge in [0, 0.05) is 17.2 Å². The van der Waals surface area contributed by atoms with Gasteiger partial charge in [-0.2, -0.15) is 0 Å². The molecular weight excluding hydrogens is 404 g/mol. The third-order valence-electron chi connectivity index (χ3n) is 4.32. The van der Waals surface area contributed by atoms with Crippen LogP contribution in [0.15, 0.2) is 78.9 Å². The summed E-state index contributed by atoms with van der Waals surface area (Å²) in [5.74, 6) is 0.439. The fraction of sp³-hybridized carbons (Fsp3) is 0.0435. The van der Waals surface area contributed by atoms with E-state index in [1.165, 1.54) is 17.4 Å². The number of aromatic nitrogens is 1. The van der Waals surface area contributed by atoms with Crippen LogP contribution in [0.2, 0.25) is 5.02 Å². The molecule has 1 heterocycles. The van der Waals surface area contributed by atoms with Crippen LogP contribution >= 0.6 is 22.9 Å². The largest absolute Gasteiger partial charge is 0.497 e. The molecule has 0 N–H and O–H groups in total. The summed E-state index contributed by atoms with van der Waals surface area (Å²) in [5, 5.41) is 1.18. The van der Waals surface area contributed by atoms with Crippen molar-refractivity contribution in [3.8, 4) is 5.75 Å². The number of para-hydroxylation sites is 1. The highest BCUT2D eigenvalue weighted by atomic mass is 35.5. The molecule has 0 aliphatic heterocycles. The van der Waals surface area contributed by atoms with Crippen molar-refractivity contribution in [1.82, 2.24) is 4.98 Å². The van der Waals surface area contributed by atoms with E-state index in [4.69, 9.17) is 16.3 Å². The summed E-state index contributed by atoms with van der Waals surface area (Å²) in [5.41, 5.74) is 2.30. The van der Waals surface area contributed by atoms with Crippen molar-refractivity contribution >= 4 is 56.0 Å². The van der Waals surface area contributed by atoms with Crippen LogP contribution < -0.4 is 9.64 Å². The summed E-state index contributed by atoms with van der Waals surface area (Å²) >= 11 is 7.67. The molecule has 144 valence electrons. The maximum atomic E-state index is 13.2. The average molecular weight is 421 g/mol. The normalized spacial score (nSPS) is 11.1. The minimum absolute atomic E-state index is 0.225. The van der Waals surface area contributed by atoms with Crippen LogP contribution in [-0.2, 0) is 4.79 Å². The molecule has 0 unspecified atom stereocenters. The van der Waals surface area contributed by atoms with Gasteiger partial charge >= 0.3 is 0 Å². The van der Waals surface area contributed by atoms with Gasteiger partial charge < -0.3 is 4.74 Å². The fourth-order valence-corrected chi connectivity index (χ4v) is 4.07. The van der Waals surface area contributed by atoms with Gasteiger partial charge in [-0.1, -0.05) is 59.3 Å². The molecule has 0 saturated carbocycles. The third kappa shape index (κ3) is 4.16. The number of thiazole rings is 1. The Hall–Kier alpha value is -3.15. The summed E-state index contributed by atoms with van der Waals surface area (Å²) in [7, 11) is 1.60. The number of fused-ring (bicyclic) bond motifs is 1. The Morgan fingerprint density at radius 3 is 2.66 bits per heavy atom. The first-order valence-corrected chi connectivity index (χ1v) is 10.1. The number of methoxy groups -OCH3 is 1. The number of nitrogens with zero attached hydrogens (tertiary/aromatic N) is 2. The molecule has 0 bridgehead atoms. The molecule has 0 radical (unpaired) electrons. The van der Waals surface area contributed by atoms with Crippen molar-refractivity contribution in [2.45, 2.75) is 0 Å². The van der Waals surface area contributed by atoms with Crippen LogP contribution in [0.4, 0.5) is 10.8 Å². The zero-order valence-corrected chi connectivity index (χ0v) is 17.2. The number of ether oxygens (including phenoxy) is 1. The maximum Gasteiger partial charge on any atom is 0.257 e.